The molecule has 4 nitrogen and oxygen atoms in total. The number of hydrogen-bond donors (Lipinski definition) is 2. The van der Waals surface area contributed by atoms with Crippen LogP contribution in [0.25, 0.3) is 0 Å². The highest BCUT2D eigenvalue weighted by Gasteiger charge is 2.37. The molecule has 4 heteroatoms. The minimum Gasteiger partial charge on any atom is -0.347 e. The van der Waals surface area contributed by atoms with Gasteiger partial charge in [-0.25, -0.2) is 4.98 Å². The van der Waals surface area contributed by atoms with E-state index in [0.717, 1.165) is 28.1 Å². The smallest absolute Gasteiger partial charge is 0.228 e. The molecule has 0 saturated heterocycles. The van der Waals surface area contributed by atoms with E-state index in [0.29, 0.717) is 0 Å². The summed E-state index contributed by atoms with van der Waals surface area (Å²) >= 11 is 0. The standard InChI is InChI=1S/C27H25N3O/c1-18-25(19-9-5-3-6-10-19)22-15-21(13-14-23(22)30-26(18)31)27(2,24-16-28-17-29-24)20-11-7-4-8-12-20/h3-18,25H,1-2H3,(H,28,29)(H,30,31). The summed E-state index contributed by atoms with van der Waals surface area (Å²) < 4.78 is 0. The maximum Gasteiger partial charge on any atom is 0.228 e. The lowest BCUT2D eigenvalue weighted by molar-refractivity contribution is -0.120. The summed E-state index contributed by atoms with van der Waals surface area (Å²) in [6.07, 6.45) is 3.62. The molecule has 2 N–H and O–H groups in total. The van der Waals surface area contributed by atoms with Crippen LogP contribution >= 0.6 is 0 Å². The Hall–Kier alpha value is -3.66. The molecule has 3 atom stereocenters. The van der Waals surface area contributed by atoms with Crippen LogP contribution in [-0.2, 0) is 10.2 Å². The van der Waals surface area contributed by atoms with Gasteiger partial charge in [0.25, 0.3) is 0 Å². The predicted molar refractivity (Wildman–Crippen MR) is 123 cm³/mol. The summed E-state index contributed by atoms with van der Waals surface area (Å²) in [6.45, 7) is 4.23. The van der Waals surface area contributed by atoms with Gasteiger partial charge in [0.15, 0.2) is 0 Å². The molecule has 0 spiro atoms. The Kier molecular flexibility index (Phi) is 4.70. The van der Waals surface area contributed by atoms with Crippen LogP contribution in [0.2, 0.25) is 0 Å². The lowest BCUT2D eigenvalue weighted by Gasteiger charge is -2.35. The molecule has 1 aliphatic heterocycles. The maximum absolute atomic E-state index is 12.7. The topological polar surface area (TPSA) is 57.8 Å². The second kappa shape index (κ2) is 7.55. The Morgan fingerprint density at radius 1 is 0.903 bits per heavy atom. The Balaban J connectivity index is 1.72. The van der Waals surface area contributed by atoms with Crippen LogP contribution in [0.5, 0.6) is 0 Å². The quantitative estimate of drug-likeness (QED) is 0.470. The summed E-state index contributed by atoms with van der Waals surface area (Å²) in [4.78, 5) is 20.3. The molecule has 154 valence electrons. The van der Waals surface area contributed by atoms with Crippen LogP contribution in [0, 0.1) is 5.92 Å². The van der Waals surface area contributed by atoms with Crippen LogP contribution in [0.4, 0.5) is 5.69 Å². The van der Waals surface area contributed by atoms with Crippen molar-refractivity contribution in [1.82, 2.24) is 9.97 Å². The summed E-state index contributed by atoms with van der Waals surface area (Å²) in [5.74, 6) is -0.0829. The second-order valence-electron chi connectivity index (χ2n) is 8.42. The van der Waals surface area contributed by atoms with Crippen molar-refractivity contribution in [3.8, 4) is 0 Å². The molecule has 0 aliphatic carbocycles. The summed E-state index contributed by atoms with van der Waals surface area (Å²) in [6, 6.07) is 27.2. The van der Waals surface area contributed by atoms with Gasteiger partial charge in [0.05, 0.1) is 11.7 Å². The normalized spacial score (nSPS) is 19.9. The van der Waals surface area contributed by atoms with Crippen molar-refractivity contribution in [2.45, 2.75) is 25.2 Å². The summed E-state index contributed by atoms with van der Waals surface area (Å²) in [5, 5.41) is 3.10. The van der Waals surface area contributed by atoms with Gasteiger partial charge < -0.3 is 10.3 Å². The number of aromatic nitrogens is 2. The molecule has 31 heavy (non-hydrogen) atoms. The molecule has 3 unspecified atom stereocenters. The van der Waals surface area contributed by atoms with E-state index in [1.807, 2.05) is 43.5 Å². The van der Waals surface area contributed by atoms with E-state index in [9.17, 15) is 4.79 Å². The van der Waals surface area contributed by atoms with Crippen molar-refractivity contribution in [3.05, 3.63) is 119 Å². The van der Waals surface area contributed by atoms with E-state index < -0.39 is 5.41 Å². The van der Waals surface area contributed by atoms with Gasteiger partial charge in [0, 0.05) is 29.4 Å². The highest BCUT2D eigenvalue weighted by Crippen LogP contribution is 2.44. The van der Waals surface area contributed by atoms with Gasteiger partial charge in [-0.3, -0.25) is 4.79 Å². The number of benzene rings is 3. The summed E-state index contributed by atoms with van der Waals surface area (Å²) in [5.41, 5.74) is 6.17. The van der Waals surface area contributed by atoms with Gasteiger partial charge >= 0.3 is 0 Å². The molecular weight excluding hydrogens is 382 g/mol. The molecule has 0 bridgehead atoms. The van der Waals surface area contributed by atoms with Crippen LogP contribution in [0.3, 0.4) is 0 Å². The lowest BCUT2D eigenvalue weighted by Crippen LogP contribution is -2.33. The molecule has 4 aromatic rings. The maximum atomic E-state index is 12.7. The fourth-order valence-corrected chi connectivity index (χ4v) is 4.82. The van der Waals surface area contributed by atoms with Crippen molar-refractivity contribution in [2.75, 3.05) is 5.32 Å². The van der Waals surface area contributed by atoms with Crippen molar-refractivity contribution >= 4 is 11.6 Å². The first kappa shape index (κ1) is 19.3. The second-order valence-corrected chi connectivity index (χ2v) is 8.42. The van der Waals surface area contributed by atoms with Gasteiger partial charge in [0.2, 0.25) is 5.91 Å². The predicted octanol–water partition coefficient (Wildman–Crippen LogP) is 5.48. The average Bonchev–Trinajstić information content (AvgIpc) is 3.36. The van der Waals surface area contributed by atoms with E-state index in [2.05, 4.69) is 70.7 Å². The number of carbonyl (C=O) groups is 1. The minimum absolute atomic E-state index is 0.00619. The van der Waals surface area contributed by atoms with Crippen molar-refractivity contribution in [3.63, 3.8) is 0 Å². The molecule has 2 heterocycles. The van der Waals surface area contributed by atoms with Crippen LogP contribution in [0.15, 0.2) is 91.4 Å². The number of nitrogens with one attached hydrogen (secondary N) is 2. The Labute approximate surface area is 182 Å². The van der Waals surface area contributed by atoms with Gasteiger partial charge in [0.1, 0.15) is 0 Å². The van der Waals surface area contributed by atoms with Gasteiger partial charge in [-0.2, -0.15) is 0 Å². The Morgan fingerprint density at radius 3 is 2.29 bits per heavy atom. The first-order valence-corrected chi connectivity index (χ1v) is 10.6. The van der Waals surface area contributed by atoms with Crippen molar-refractivity contribution in [2.24, 2.45) is 5.92 Å². The number of anilines is 1. The zero-order valence-electron chi connectivity index (χ0n) is 17.7. The molecule has 0 radical (unpaired) electrons. The van der Waals surface area contributed by atoms with E-state index in [1.165, 1.54) is 5.56 Å². The average molecular weight is 408 g/mol. The van der Waals surface area contributed by atoms with E-state index in [4.69, 9.17) is 0 Å². The number of hydrogen-bond acceptors (Lipinski definition) is 2. The van der Waals surface area contributed by atoms with Crippen molar-refractivity contribution in [1.29, 1.82) is 0 Å². The number of nitrogens with zero attached hydrogens (tertiary/aromatic N) is 1. The molecular formula is C27H25N3O. The largest absolute Gasteiger partial charge is 0.347 e. The van der Waals surface area contributed by atoms with Crippen molar-refractivity contribution < 1.29 is 4.79 Å². The number of aromatic amines is 1. The number of H-pyrrole nitrogens is 1. The Bertz CT molecular complexity index is 1200. The highest BCUT2D eigenvalue weighted by atomic mass is 16.1. The number of amides is 1. The first-order chi connectivity index (χ1) is 15.1. The van der Waals surface area contributed by atoms with Crippen LogP contribution < -0.4 is 5.32 Å². The zero-order valence-corrected chi connectivity index (χ0v) is 17.7. The van der Waals surface area contributed by atoms with Crippen LogP contribution in [0.1, 0.15) is 47.7 Å². The number of rotatable bonds is 4. The van der Waals surface area contributed by atoms with E-state index in [1.54, 1.807) is 6.33 Å². The fourth-order valence-electron chi connectivity index (χ4n) is 4.82. The molecule has 5 rings (SSSR count). The molecule has 3 aromatic carbocycles. The molecule has 0 saturated carbocycles. The third kappa shape index (κ3) is 3.15. The first-order valence-electron chi connectivity index (χ1n) is 10.6. The number of fused-ring (bicyclic) bond motifs is 1. The minimum atomic E-state index is -0.404. The monoisotopic (exact) mass is 407 g/mol. The third-order valence-electron chi connectivity index (χ3n) is 6.68. The SMILES string of the molecule is CC1C(=O)Nc2ccc(C(C)(c3ccccc3)c3cnc[nH]3)cc2C1c1ccccc1. The van der Waals surface area contributed by atoms with E-state index >= 15 is 0 Å². The highest BCUT2D eigenvalue weighted by molar-refractivity contribution is 5.97. The molecule has 1 aliphatic rings. The summed E-state index contributed by atoms with van der Waals surface area (Å²) in [7, 11) is 0. The zero-order chi connectivity index (χ0) is 21.4. The molecule has 1 aromatic heterocycles. The van der Waals surface area contributed by atoms with E-state index in [-0.39, 0.29) is 17.7 Å². The van der Waals surface area contributed by atoms with Gasteiger partial charge in [-0.15, -0.1) is 0 Å². The fraction of sp³-hybridized carbons (Fsp3) is 0.185. The Morgan fingerprint density at radius 2 is 1.61 bits per heavy atom. The number of imidazole rings is 1. The molecule has 1 amide bonds. The third-order valence-corrected chi connectivity index (χ3v) is 6.68. The van der Waals surface area contributed by atoms with Gasteiger partial charge in [-0.1, -0.05) is 79.7 Å². The van der Waals surface area contributed by atoms with Crippen LogP contribution in [-0.4, -0.2) is 15.9 Å². The lowest BCUT2D eigenvalue weighted by atomic mass is 9.71. The van der Waals surface area contributed by atoms with Gasteiger partial charge in [-0.05, 0) is 35.2 Å². The molecule has 0 fully saturated rings. The number of carbonyl (C=O) groups excluding carboxylic acids is 1.